The molecule has 0 saturated heterocycles. The average molecular weight is 445 g/mol. The van der Waals surface area contributed by atoms with Gasteiger partial charge in [0, 0.05) is 12.6 Å². The summed E-state index contributed by atoms with van der Waals surface area (Å²) in [4.78, 5) is 14.5. The third kappa shape index (κ3) is 7.51. The molecule has 0 radical (unpaired) electrons. The van der Waals surface area contributed by atoms with Gasteiger partial charge in [0.15, 0.2) is 11.5 Å². The van der Waals surface area contributed by atoms with Crippen LogP contribution in [0.5, 0.6) is 11.5 Å². The van der Waals surface area contributed by atoms with Crippen molar-refractivity contribution in [1.82, 2.24) is 10.2 Å². The Labute approximate surface area is 196 Å². The van der Waals surface area contributed by atoms with Gasteiger partial charge < -0.3 is 19.7 Å². The van der Waals surface area contributed by atoms with Crippen molar-refractivity contribution in [3.63, 3.8) is 0 Å². The summed E-state index contributed by atoms with van der Waals surface area (Å²) in [6.45, 7) is 3.45. The fraction of sp³-hybridized carbons (Fsp3) is 0.250. The molecule has 3 aromatic carbocycles. The van der Waals surface area contributed by atoms with E-state index in [1.165, 1.54) is 5.56 Å². The summed E-state index contributed by atoms with van der Waals surface area (Å²) in [5.74, 6) is 1.20. The van der Waals surface area contributed by atoms with Gasteiger partial charge in [0.05, 0.1) is 12.6 Å². The molecule has 0 heterocycles. The van der Waals surface area contributed by atoms with Crippen LogP contribution in [0.15, 0.2) is 84.9 Å². The fourth-order valence-electron chi connectivity index (χ4n) is 3.45. The van der Waals surface area contributed by atoms with E-state index in [0.717, 1.165) is 11.1 Å². The van der Waals surface area contributed by atoms with Crippen LogP contribution in [-0.4, -0.2) is 38.1 Å². The number of nitrogens with one attached hydrogen (secondary N) is 1. The number of hydrogen-bond acceptors (Lipinski definition) is 4. The lowest BCUT2D eigenvalue weighted by Crippen LogP contribution is -2.33. The van der Waals surface area contributed by atoms with Crippen LogP contribution in [0.25, 0.3) is 6.08 Å². The molecule has 3 aromatic rings. The van der Waals surface area contributed by atoms with E-state index in [1.807, 2.05) is 87.7 Å². The highest BCUT2D eigenvalue weighted by molar-refractivity contribution is 5.91. The van der Waals surface area contributed by atoms with Crippen LogP contribution in [0.1, 0.15) is 29.7 Å². The van der Waals surface area contributed by atoms with E-state index >= 15 is 0 Å². The SMILES string of the molecule is CCOc1cc(C=CC(=O)NCC(c2ccccc2)N(C)C)ccc1OCc1ccccc1. The largest absolute Gasteiger partial charge is 0.490 e. The minimum atomic E-state index is -0.139. The highest BCUT2D eigenvalue weighted by Gasteiger charge is 2.14. The quantitative estimate of drug-likeness (QED) is 0.418. The van der Waals surface area contributed by atoms with Gasteiger partial charge in [-0.2, -0.15) is 0 Å². The van der Waals surface area contributed by atoms with Gasteiger partial charge in [-0.1, -0.05) is 66.7 Å². The molecule has 0 spiro atoms. The minimum Gasteiger partial charge on any atom is -0.490 e. The number of rotatable bonds is 11. The van der Waals surface area contributed by atoms with Crippen molar-refractivity contribution in [2.24, 2.45) is 0 Å². The first-order valence-corrected chi connectivity index (χ1v) is 11.2. The zero-order valence-electron chi connectivity index (χ0n) is 19.5. The molecule has 0 aliphatic carbocycles. The molecule has 1 atom stereocenters. The van der Waals surface area contributed by atoms with E-state index < -0.39 is 0 Å². The predicted molar refractivity (Wildman–Crippen MR) is 133 cm³/mol. The molecule has 1 amide bonds. The molecule has 1 unspecified atom stereocenters. The Kier molecular flexibility index (Phi) is 9.09. The van der Waals surface area contributed by atoms with E-state index in [9.17, 15) is 4.79 Å². The van der Waals surface area contributed by atoms with Crippen molar-refractivity contribution in [2.75, 3.05) is 27.2 Å². The van der Waals surface area contributed by atoms with Crippen LogP contribution in [0.2, 0.25) is 0 Å². The maximum Gasteiger partial charge on any atom is 0.244 e. The maximum atomic E-state index is 12.4. The normalized spacial score (nSPS) is 12.0. The third-order valence-electron chi connectivity index (χ3n) is 5.21. The molecular weight excluding hydrogens is 412 g/mol. The predicted octanol–water partition coefficient (Wildman–Crippen LogP) is 5.10. The summed E-state index contributed by atoms with van der Waals surface area (Å²) in [7, 11) is 4.02. The minimum absolute atomic E-state index is 0.106. The molecule has 172 valence electrons. The van der Waals surface area contributed by atoms with Crippen LogP contribution in [0.3, 0.4) is 0 Å². The van der Waals surface area contributed by atoms with Gasteiger partial charge in [-0.05, 0) is 55.9 Å². The van der Waals surface area contributed by atoms with Crippen molar-refractivity contribution in [3.05, 3.63) is 102 Å². The van der Waals surface area contributed by atoms with Gasteiger partial charge in [0.2, 0.25) is 5.91 Å². The average Bonchev–Trinajstić information content (AvgIpc) is 2.83. The lowest BCUT2D eigenvalue weighted by Gasteiger charge is -2.24. The van der Waals surface area contributed by atoms with Crippen molar-refractivity contribution < 1.29 is 14.3 Å². The van der Waals surface area contributed by atoms with Crippen molar-refractivity contribution >= 4 is 12.0 Å². The Hall–Kier alpha value is -3.57. The van der Waals surface area contributed by atoms with Crippen LogP contribution in [-0.2, 0) is 11.4 Å². The molecule has 0 saturated carbocycles. The summed E-state index contributed by atoms with van der Waals surface area (Å²) in [6.07, 6.45) is 3.33. The molecule has 0 aromatic heterocycles. The Morgan fingerprint density at radius 2 is 1.64 bits per heavy atom. The number of amides is 1. The summed E-state index contributed by atoms with van der Waals surface area (Å²) in [6, 6.07) is 25.9. The summed E-state index contributed by atoms with van der Waals surface area (Å²) in [5, 5.41) is 3.00. The molecule has 0 bridgehead atoms. The van der Waals surface area contributed by atoms with Crippen molar-refractivity contribution in [2.45, 2.75) is 19.6 Å². The third-order valence-corrected chi connectivity index (χ3v) is 5.21. The zero-order valence-corrected chi connectivity index (χ0v) is 19.5. The monoisotopic (exact) mass is 444 g/mol. The van der Waals surface area contributed by atoms with Gasteiger partial charge in [0.1, 0.15) is 6.61 Å². The fourth-order valence-corrected chi connectivity index (χ4v) is 3.45. The van der Waals surface area contributed by atoms with Gasteiger partial charge >= 0.3 is 0 Å². The zero-order chi connectivity index (χ0) is 23.5. The molecule has 1 N–H and O–H groups in total. The molecule has 5 nitrogen and oxygen atoms in total. The van der Waals surface area contributed by atoms with Gasteiger partial charge in [-0.25, -0.2) is 0 Å². The summed E-state index contributed by atoms with van der Waals surface area (Å²) >= 11 is 0. The Morgan fingerprint density at radius 3 is 2.30 bits per heavy atom. The second-order valence-electron chi connectivity index (χ2n) is 7.88. The van der Waals surface area contributed by atoms with Gasteiger partial charge in [0.25, 0.3) is 0 Å². The first kappa shape index (κ1) is 24.1. The topological polar surface area (TPSA) is 50.8 Å². The van der Waals surface area contributed by atoms with Crippen LogP contribution in [0, 0.1) is 0 Å². The molecular formula is C28H32N2O3. The summed E-state index contributed by atoms with van der Waals surface area (Å²) in [5.41, 5.74) is 3.12. The van der Waals surface area contributed by atoms with Gasteiger partial charge in [-0.15, -0.1) is 0 Å². The molecule has 0 aliphatic rings. The molecule has 33 heavy (non-hydrogen) atoms. The Bertz CT molecular complexity index is 1030. The summed E-state index contributed by atoms with van der Waals surface area (Å²) < 4.78 is 11.7. The number of carbonyl (C=O) groups is 1. The van der Waals surface area contributed by atoms with Gasteiger partial charge in [-0.3, -0.25) is 4.79 Å². The highest BCUT2D eigenvalue weighted by atomic mass is 16.5. The Balaban J connectivity index is 1.61. The van der Waals surface area contributed by atoms with Crippen LogP contribution < -0.4 is 14.8 Å². The standard InChI is InChI=1S/C28H32N2O3/c1-4-32-27-19-22(15-17-26(27)33-21-23-11-7-5-8-12-23)16-18-28(31)29-20-25(30(2)3)24-13-9-6-10-14-24/h5-19,25H,4,20-21H2,1-3H3,(H,29,31). The highest BCUT2D eigenvalue weighted by Crippen LogP contribution is 2.29. The van der Waals surface area contributed by atoms with E-state index in [0.29, 0.717) is 31.3 Å². The number of hydrogen-bond donors (Lipinski definition) is 1. The molecule has 0 aliphatic heterocycles. The number of likely N-dealkylation sites (N-methyl/N-ethyl adjacent to an activating group) is 1. The van der Waals surface area contributed by atoms with E-state index in [1.54, 1.807) is 12.2 Å². The van der Waals surface area contributed by atoms with Crippen LogP contribution in [0.4, 0.5) is 0 Å². The molecule has 5 heteroatoms. The molecule has 0 fully saturated rings. The second kappa shape index (κ2) is 12.5. The number of nitrogens with zero attached hydrogens (tertiary/aromatic N) is 1. The molecule has 3 rings (SSSR count). The Morgan fingerprint density at radius 1 is 0.939 bits per heavy atom. The second-order valence-corrected chi connectivity index (χ2v) is 7.88. The number of ether oxygens (including phenoxy) is 2. The first-order chi connectivity index (χ1) is 16.1. The lowest BCUT2D eigenvalue weighted by molar-refractivity contribution is -0.116. The van der Waals surface area contributed by atoms with Crippen molar-refractivity contribution in [3.8, 4) is 11.5 Å². The number of carbonyl (C=O) groups excluding carboxylic acids is 1. The van der Waals surface area contributed by atoms with Crippen molar-refractivity contribution in [1.29, 1.82) is 0 Å². The number of benzene rings is 3. The maximum absolute atomic E-state index is 12.4. The van der Waals surface area contributed by atoms with E-state index in [-0.39, 0.29) is 11.9 Å². The smallest absolute Gasteiger partial charge is 0.244 e. The lowest BCUT2D eigenvalue weighted by atomic mass is 10.1. The van der Waals surface area contributed by atoms with E-state index in [2.05, 4.69) is 22.3 Å². The van der Waals surface area contributed by atoms with Crippen LogP contribution >= 0.6 is 0 Å². The van der Waals surface area contributed by atoms with E-state index in [4.69, 9.17) is 9.47 Å². The first-order valence-electron chi connectivity index (χ1n) is 11.2.